The lowest BCUT2D eigenvalue weighted by atomic mass is 9.93. The molecule has 1 aliphatic carbocycles. The van der Waals surface area contributed by atoms with E-state index in [-0.39, 0.29) is 6.10 Å². The normalized spacial score (nSPS) is 17.0. The minimum Gasteiger partial charge on any atom is -0.496 e. The molecule has 0 heterocycles. The Morgan fingerprint density at radius 1 is 1.12 bits per heavy atom. The first-order chi connectivity index (χ1) is 11.9. The summed E-state index contributed by atoms with van der Waals surface area (Å²) in [6.07, 6.45) is 6.29. The monoisotopic (exact) mass is 350 g/mol. The third-order valence-electron chi connectivity index (χ3n) is 5.23. The minimum absolute atomic E-state index is 0.181. The Labute approximate surface area is 151 Å². The zero-order chi connectivity index (χ0) is 18.4. The van der Waals surface area contributed by atoms with E-state index >= 15 is 0 Å². The maximum atomic E-state index is 12.7. The van der Waals surface area contributed by atoms with Gasteiger partial charge in [0.2, 0.25) is 0 Å². The standard InChI is InChI=1S/C20H32NO4/c1-15(14-21(2,3)16-10-7-6-8-11-16)25-20(22)19-17(23-4)12-9-13-18(19)24-5/h9,12-13,15-16H,6-8,10-11,14H2,1-5H3/q+1. The highest BCUT2D eigenvalue weighted by molar-refractivity contribution is 5.95. The van der Waals surface area contributed by atoms with E-state index in [1.165, 1.54) is 46.3 Å². The van der Waals surface area contributed by atoms with Gasteiger partial charge in [-0.3, -0.25) is 0 Å². The van der Waals surface area contributed by atoms with Crippen LogP contribution in [0.15, 0.2) is 18.2 Å². The van der Waals surface area contributed by atoms with E-state index in [2.05, 4.69) is 14.1 Å². The van der Waals surface area contributed by atoms with Crippen LogP contribution >= 0.6 is 0 Å². The molecule has 2 rings (SSSR count). The SMILES string of the molecule is COc1cccc(OC)c1C(=O)OC(C)C[N+](C)(C)C1CCCCC1. The largest absolute Gasteiger partial charge is 0.496 e. The molecule has 1 unspecified atom stereocenters. The third kappa shape index (κ3) is 4.88. The smallest absolute Gasteiger partial charge is 0.346 e. The maximum Gasteiger partial charge on any atom is 0.346 e. The van der Waals surface area contributed by atoms with Gasteiger partial charge in [0.05, 0.1) is 34.4 Å². The maximum absolute atomic E-state index is 12.7. The number of hydrogen-bond donors (Lipinski definition) is 0. The molecule has 1 aromatic rings. The van der Waals surface area contributed by atoms with Crippen LogP contribution in [0.5, 0.6) is 11.5 Å². The fourth-order valence-electron chi connectivity index (χ4n) is 3.92. The number of quaternary nitrogens is 1. The van der Waals surface area contributed by atoms with Gasteiger partial charge in [0.15, 0.2) is 0 Å². The zero-order valence-corrected chi connectivity index (χ0v) is 16.2. The van der Waals surface area contributed by atoms with E-state index in [9.17, 15) is 4.79 Å². The predicted molar refractivity (Wildman–Crippen MR) is 98.3 cm³/mol. The Morgan fingerprint density at radius 2 is 1.68 bits per heavy atom. The number of likely N-dealkylation sites (N-methyl/N-ethyl adjacent to an activating group) is 1. The molecule has 1 aromatic carbocycles. The number of rotatable bonds is 7. The van der Waals surface area contributed by atoms with E-state index in [1.54, 1.807) is 18.2 Å². The van der Waals surface area contributed by atoms with Gasteiger partial charge >= 0.3 is 5.97 Å². The highest BCUT2D eigenvalue weighted by atomic mass is 16.5. The Kier molecular flexibility index (Phi) is 6.71. The van der Waals surface area contributed by atoms with Crippen LogP contribution < -0.4 is 9.47 Å². The number of nitrogens with zero attached hydrogens (tertiary/aromatic N) is 1. The molecule has 0 amide bonds. The molecule has 0 saturated heterocycles. The average Bonchev–Trinajstić information content (AvgIpc) is 2.60. The van der Waals surface area contributed by atoms with E-state index in [1.807, 2.05) is 6.92 Å². The molecule has 5 nitrogen and oxygen atoms in total. The number of carbonyl (C=O) groups is 1. The molecule has 0 aromatic heterocycles. The molecule has 0 bridgehead atoms. The van der Waals surface area contributed by atoms with Crippen molar-refractivity contribution in [2.45, 2.75) is 51.2 Å². The Balaban J connectivity index is 2.05. The Hall–Kier alpha value is -1.75. The van der Waals surface area contributed by atoms with Crippen molar-refractivity contribution in [2.24, 2.45) is 0 Å². The third-order valence-corrected chi connectivity index (χ3v) is 5.23. The number of ether oxygens (including phenoxy) is 3. The van der Waals surface area contributed by atoms with Crippen molar-refractivity contribution in [1.29, 1.82) is 0 Å². The molecule has 0 N–H and O–H groups in total. The molecule has 140 valence electrons. The van der Waals surface area contributed by atoms with Crippen LogP contribution in [0.3, 0.4) is 0 Å². The summed E-state index contributed by atoms with van der Waals surface area (Å²) >= 11 is 0. The molecule has 0 radical (unpaired) electrons. The lowest BCUT2D eigenvalue weighted by Crippen LogP contribution is -2.53. The highest BCUT2D eigenvalue weighted by Gasteiger charge is 2.32. The number of hydrogen-bond acceptors (Lipinski definition) is 4. The van der Waals surface area contributed by atoms with Gasteiger partial charge in [-0.2, -0.15) is 0 Å². The summed E-state index contributed by atoms with van der Waals surface area (Å²) in [5.41, 5.74) is 0.349. The summed E-state index contributed by atoms with van der Waals surface area (Å²) in [5.74, 6) is 0.542. The van der Waals surface area contributed by atoms with Crippen LogP contribution in [0.1, 0.15) is 49.4 Å². The van der Waals surface area contributed by atoms with Crippen LogP contribution in [0.4, 0.5) is 0 Å². The van der Waals surface area contributed by atoms with Crippen molar-refractivity contribution < 1.29 is 23.5 Å². The second-order valence-electron chi connectivity index (χ2n) is 7.51. The molecule has 1 aliphatic rings. The molecule has 0 aliphatic heterocycles. The number of benzene rings is 1. The summed E-state index contributed by atoms with van der Waals surface area (Å²) in [7, 11) is 7.56. The Bertz CT molecular complexity index is 557. The first-order valence-electron chi connectivity index (χ1n) is 9.13. The molecule has 1 atom stereocenters. The predicted octanol–water partition coefficient (Wildman–Crippen LogP) is 3.66. The van der Waals surface area contributed by atoms with Crippen LogP contribution in [0.25, 0.3) is 0 Å². The molecule has 1 saturated carbocycles. The molecular weight excluding hydrogens is 318 g/mol. The lowest BCUT2D eigenvalue weighted by Gasteiger charge is -2.41. The summed E-state index contributed by atoms with van der Waals surface area (Å²) in [6.45, 7) is 2.76. The zero-order valence-electron chi connectivity index (χ0n) is 16.2. The van der Waals surface area contributed by atoms with Crippen LogP contribution in [-0.2, 0) is 4.74 Å². The van der Waals surface area contributed by atoms with Crippen LogP contribution in [0, 0.1) is 0 Å². The van der Waals surface area contributed by atoms with Crippen molar-refractivity contribution in [3.05, 3.63) is 23.8 Å². The first-order valence-corrected chi connectivity index (χ1v) is 9.13. The van der Waals surface area contributed by atoms with Crippen LogP contribution in [-0.4, -0.2) is 57.5 Å². The summed E-state index contributed by atoms with van der Waals surface area (Å²) in [4.78, 5) is 12.7. The van der Waals surface area contributed by atoms with Crippen LogP contribution in [0.2, 0.25) is 0 Å². The van der Waals surface area contributed by atoms with E-state index in [0.29, 0.717) is 23.1 Å². The molecule has 1 fully saturated rings. The molecular formula is C20H32NO4+. The van der Waals surface area contributed by atoms with Crippen molar-refractivity contribution >= 4 is 5.97 Å². The second-order valence-corrected chi connectivity index (χ2v) is 7.51. The van der Waals surface area contributed by atoms with Crippen molar-refractivity contribution in [3.8, 4) is 11.5 Å². The number of carbonyl (C=O) groups excluding carboxylic acids is 1. The van der Waals surface area contributed by atoms with E-state index in [4.69, 9.17) is 14.2 Å². The first kappa shape index (κ1) is 19.6. The Morgan fingerprint density at radius 3 is 2.20 bits per heavy atom. The van der Waals surface area contributed by atoms with Gasteiger partial charge < -0.3 is 18.7 Å². The number of esters is 1. The van der Waals surface area contributed by atoms with Crippen molar-refractivity contribution in [1.82, 2.24) is 0 Å². The summed E-state index contributed by atoms with van der Waals surface area (Å²) in [6, 6.07) is 5.93. The highest BCUT2D eigenvalue weighted by Crippen LogP contribution is 2.30. The molecule has 5 heteroatoms. The quantitative estimate of drug-likeness (QED) is 0.556. The van der Waals surface area contributed by atoms with Crippen molar-refractivity contribution in [2.75, 3.05) is 34.9 Å². The van der Waals surface area contributed by atoms with E-state index in [0.717, 1.165) is 11.0 Å². The lowest BCUT2D eigenvalue weighted by molar-refractivity contribution is -0.918. The average molecular weight is 350 g/mol. The summed E-state index contributed by atoms with van der Waals surface area (Å²) in [5, 5.41) is 0. The van der Waals surface area contributed by atoms with E-state index < -0.39 is 5.97 Å². The molecule has 25 heavy (non-hydrogen) atoms. The van der Waals surface area contributed by atoms with Gasteiger partial charge in [0.25, 0.3) is 0 Å². The fraction of sp³-hybridized carbons (Fsp3) is 0.650. The van der Waals surface area contributed by atoms with Crippen molar-refractivity contribution in [3.63, 3.8) is 0 Å². The fourth-order valence-corrected chi connectivity index (χ4v) is 3.92. The van der Waals surface area contributed by atoms with Gasteiger partial charge in [-0.05, 0) is 44.7 Å². The van der Waals surface area contributed by atoms with Gasteiger partial charge in [-0.25, -0.2) is 4.79 Å². The number of methoxy groups -OCH3 is 2. The van der Waals surface area contributed by atoms with Gasteiger partial charge in [0, 0.05) is 0 Å². The van der Waals surface area contributed by atoms with Gasteiger partial charge in [-0.1, -0.05) is 12.5 Å². The molecule has 0 spiro atoms. The summed E-state index contributed by atoms with van der Waals surface area (Å²) < 4.78 is 17.2. The topological polar surface area (TPSA) is 44.8 Å². The van der Waals surface area contributed by atoms with Gasteiger partial charge in [0.1, 0.15) is 29.7 Å². The second kappa shape index (κ2) is 8.56. The minimum atomic E-state index is -0.398. The van der Waals surface area contributed by atoms with Gasteiger partial charge in [-0.15, -0.1) is 0 Å².